The molecule has 0 atom stereocenters. The molecule has 0 saturated heterocycles. The van der Waals surface area contributed by atoms with Crippen LogP contribution in [0.1, 0.15) is 0 Å². The van der Waals surface area contributed by atoms with E-state index >= 15 is 0 Å². The maximum Gasteiger partial charge on any atom is 0.160 e. The first-order valence-electron chi connectivity index (χ1n) is 28.0. The second-order valence-corrected chi connectivity index (χ2v) is 21.3. The number of rotatable bonds is 8. The van der Waals surface area contributed by atoms with Crippen LogP contribution in [-0.2, 0) is 0 Å². The van der Waals surface area contributed by atoms with Gasteiger partial charge < -0.3 is 18.3 Å². The Morgan fingerprint density at radius 2 is 0.573 bits per heavy atom. The number of hydrogen-bond donors (Lipinski definition) is 0. The van der Waals surface area contributed by atoms with Gasteiger partial charge in [0.25, 0.3) is 0 Å². The van der Waals surface area contributed by atoms with Crippen LogP contribution in [0.3, 0.4) is 0 Å². The minimum Gasteiger partial charge on any atom is -0.309 e. The summed E-state index contributed by atoms with van der Waals surface area (Å²) >= 11 is 0. The molecule has 0 aliphatic heterocycles. The van der Waals surface area contributed by atoms with Gasteiger partial charge in [-0.05, 0) is 109 Å². The third-order valence-electron chi connectivity index (χ3n) is 16.8. The van der Waals surface area contributed by atoms with Crippen molar-refractivity contribution >= 4 is 87.2 Å². The van der Waals surface area contributed by atoms with Crippen molar-refractivity contribution in [3.05, 3.63) is 291 Å². The Hall–Kier alpha value is -11.1. The molecule has 82 heavy (non-hydrogen) atoms. The van der Waals surface area contributed by atoms with Gasteiger partial charge in [-0.3, -0.25) is 0 Å². The molecule has 0 aliphatic carbocycles. The van der Waals surface area contributed by atoms with Crippen LogP contribution < -0.4 is 0 Å². The van der Waals surface area contributed by atoms with E-state index in [1.54, 1.807) is 0 Å². The second kappa shape index (κ2) is 18.2. The van der Waals surface area contributed by atoms with Crippen LogP contribution in [-0.4, -0.2) is 28.2 Å². The van der Waals surface area contributed by atoms with Gasteiger partial charge in [0.05, 0.1) is 61.2 Å². The van der Waals surface area contributed by atoms with Gasteiger partial charge in [-0.15, -0.1) is 0 Å². The number of benzene rings is 12. The summed E-state index contributed by atoms with van der Waals surface area (Å²) < 4.78 is 9.76. The van der Waals surface area contributed by atoms with Crippen molar-refractivity contribution in [1.82, 2.24) is 28.2 Å². The number of aromatic nitrogens is 6. The SMILES string of the molecule is c1ccc(-c2cc(-c3ccc(-n4c5ccc(-n6c7ccccc7c7ccccc76)cc5c5cc(-n6c7ccccc7c7ccccc76)ccc54)c(-c4cccc(-n5c6ccccc6c6ccccc65)c4)c3)nc(-c3ccccc3)n2)cc1. The van der Waals surface area contributed by atoms with E-state index in [9.17, 15) is 0 Å². The van der Waals surface area contributed by atoms with Crippen LogP contribution in [0.5, 0.6) is 0 Å². The fraction of sp³-hybridized carbons (Fsp3) is 0. The summed E-state index contributed by atoms with van der Waals surface area (Å²) in [6.07, 6.45) is 0. The van der Waals surface area contributed by atoms with Gasteiger partial charge >= 0.3 is 0 Å². The molecule has 0 radical (unpaired) electrons. The van der Waals surface area contributed by atoms with Crippen molar-refractivity contribution in [2.45, 2.75) is 0 Å². The molecule has 5 heterocycles. The zero-order chi connectivity index (χ0) is 53.8. The van der Waals surface area contributed by atoms with Crippen LogP contribution in [0.25, 0.3) is 155 Å². The third kappa shape index (κ3) is 7.08. The molecule has 0 N–H and O–H groups in total. The molecular formula is C76H48N6. The summed E-state index contributed by atoms with van der Waals surface area (Å²) in [6.45, 7) is 0. The predicted molar refractivity (Wildman–Crippen MR) is 341 cm³/mol. The molecule has 6 nitrogen and oxygen atoms in total. The topological polar surface area (TPSA) is 45.5 Å². The normalized spacial score (nSPS) is 11.9. The highest BCUT2D eigenvalue weighted by atomic mass is 15.0. The summed E-state index contributed by atoms with van der Waals surface area (Å²) in [7, 11) is 0. The first-order chi connectivity index (χ1) is 40.7. The molecule has 382 valence electrons. The van der Waals surface area contributed by atoms with E-state index in [2.05, 4.69) is 285 Å². The van der Waals surface area contributed by atoms with Crippen LogP contribution in [0.15, 0.2) is 291 Å². The Morgan fingerprint density at radius 3 is 1.02 bits per heavy atom. The Kier molecular flexibility index (Phi) is 10.2. The number of fused-ring (bicyclic) bond motifs is 12. The quantitative estimate of drug-likeness (QED) is 0.152. The van der Waals surface area contributed by atoms with Crippen molar-refractivity contribution in [2.75, 3.05) is 0 Å². The number of hydrogen-bond acceptors (Lipinski definition) is 2. The molecule has 17 rings (SSSR count). The average Bonchev–Trinajstić information content (AvgIpc) is 3.96. The van der Waals surface area contributed by atoms with Gasteiger partial charge in [0, 0.05) is 82.4 Å². The zero-order valence-electron chi connectivity index (χ0n) is 44.4. The minimum absolute atomic E-state index is 0.677. The largest absolute Gasteiger partial charge is 0.309 e. The van der Waals surface area contributed by atoms with Gasteiger partial charge in [-0.25, -0.2) is 9.97 Å². The Labute approximate surface area is 471 Å². The smallest absolute Gasteiger partial charge is 0.160 e. The molecule has 17 aromatic rings. The van der Waals surface area contributed by atoms with E-state index in [0.717, 1.165) is 94.8 Å². The summed E-state index contributed by atoms with van der Waals surface area (Å²) in [5, 5.41) is 9.70. The predicted octanol–water partition coefficient (Wildman–Crippen LogP) is 19.5. The lowest BCUT2D eigenvalue weighted by Gasteiger charge is -2.18. The van der Waals surface area contributed by atoms with E-state index in [4.69, 9.17) is 9.97 Å². The van der Waals surface area contributed by atoms with E-state index in [1.807, 2.05) is 24.3 Å². The first kappa shape index (κ1) is 45.9. The number of para-hydroxylation sites is 6. The van der Waals surface area contributed by atoms with Crippen molar-refractivity contribution < 1.29 is 0 Å². The second-order valence-electron chi connectivity index (χ2n) is 21.3. The summed E-state index contributed by atoms with van der Waals surface area (Å²) in [5.41, 5.74) is 20.4. The molecule has 0 amide bonds. The van der Waals surface area contributed by atoms with E-state index < -0.39 is 0 Å². The number of nitrogens with zero attached hydrogens (tertiary/aromatic N) is 6. The lowest BCUT2D eigenvalue weighted by Crippen LogP contribution is -2.01. The van der Waals surface area contributed by atoms with Crippen molar-refractivity contribution in [1.29, 1.82) is 0 Å². The van der Waals surface area contributed by atoms with Crippen molar-refractivity contribution in [3.63, 3.8) is 0 Å². The lowest BCUT2D eigenvalue weighted by atomic mass is 9.97. The third-order valence-corrected chi connectivity index (χ3v) is 16.8. The first-order valence-corrected chi connectivity index (χ1v) is 28.0. The zero-order valence-corrected chi connectivity index (χ0v) is 44.4. The van der Waals surface area contributed by atoms with Crippen molar-refractivity contribution in [2.24, 2.45) is 0 Å². The summed E-state index contributed by atoms with van der Waals surface area (Å²) in [6, 6.07) is 106. The van der Waals surface area contributed by atoms with Gasteiger partial charge in [-0.2, -0.15) is 0 Å². The van der Waals surface area contributed by atoms with Crippen LogP contribution >= 0.6 is 0 Å². The van der Waals surface area contributed by atoms with E-state index in [-0.39, 0.29) is 0 Å². The summed E-state index contributed by atoms with van der Waals surface area (Å²) in [5.74, 6) is 0.677. The molecule has 0 bridgehead atoms. The maximum atomic E-state index is 5.38. The highest BCUT2D eigenvalue weighted by Gasteiger charge is 2.23. The van der Waals surface area contributed by atoms with Crippen LogP contribution in [0.4, 0.5) is 0 Å². The molecule has 0 unspecified atom stereocenters. The molecular weight excluding hydrogens is 997 g/mol. The molecule has 12 aromatic carbocycles. The fourth-order valence-corrected chi connectivity index (χ4v) is 13.1. The highest BCUT2D eigenvalue weighted by molar-refractivity contribution is 6.15. The lowest BCUT2D eigenvalue weighted by molar-refractivity contribution is 1.15. The van der Waals surface area contributed by atoms with Gasteiger partial charge in [-0.1, -0.05) is 188 Å². The van der Waals surface area contributed by atoms with Crippen LogP contribution in [0, 0.1) is 0 Å². The van der Waals surface area contributed by atoms with Gasteiger partial charge in [0.1, 0.15) is 0 Å². The monoisotopic (exact) mass is 1040 g/mol. The Balaban J connectivity index is 0.950. The molecule has 0 saturated carbocycles. The van der Waals surface area contributed by atoms with Gasteiger partial charge in [0.15, 0.2) is 5.82 Å². The molecule has 6 heteroatoms. The van der Waals surface area contributed by atoms with E-state index in [1.165, 1.54) is 54.4 Å². The molecule has 5 aromatic heterocycles. The minimum atomic E-state index is 0.677. The fourth-order valence-electron chi connectivity index (χ4n) is 13.1. The molecule has 0 fully saturated rings. The van der Waals surface area contributed by atoms with Crippen LogP contribution in [0.2, 0.25) is 0 Å². The molecule has 0 aliphatic rings. The van der Waals surface area contributed by atoms with E-state index in [0.29, 0.717) is 5.82 Å². The van der Waals surface area contributed by atoms with Crippen molar-refractivity contribution in [3.8, 4) is 67.8 Å². The standard InChI is InChI=1S/C76H48N6/c1-3-20-49(21-4-1)65-48-66(78-76(77-65)50-22-5-2-6-23-50)52-38-41-73(62(45-52)51-24-19-25-53(44-51)79-67-32-13-7-26-56(67)57-27-8-14-33-68(57)79)82-74-42-39-54(80-69-34-15-9-28-58(69)59-29-10-16-35-70(59)80)46-63(74)64-47-55(40-43-75(64)82)81-71-36-17-11-30-60(71)61-31-12-18-37-72(61)81/h1-48H. The summed E-state index contributed by atoms with van der Waals surface area (Å²) in [4.78, 5) is 10.6. The maximum absolute atomic E-state index is 5.38. The van der Waals surface area contributed by atoms with Gasteiger partial charge in [0.2, 0.25) is 0 Å². The average molecular weight is 1050 g/mol. The Morgan fingerprint density at radius 1 is 0.207 bits per heavy atom. The highest BCUT2D eigenvalue weighted by Crippen LogP contribution is 2.43. The Bertz CT molecular complexity index is 5020. The molecule has 0 spiro atoms.